The van der Waals surface area contributed by atoms with Crippen molar-refractivity contribution < 1.29 is 0 Å². The first-order valence-corrected chi connectivity index (χ1v) is 15.7. The van der Waals surface area contributed by atoms with Crippen molar-refractivity contribution in [2.75, 3.05) is 0 Å². The molecule has 2 heteroatoms. The molecule has 1 unspecified atom stereocenters. The number of nitrogens with zero attached hydrogens (tertiary/aromatic N) is 2. The lowest BCUT2D eigenvalue weighted by Crippen LogP contribution is -2.11. The summed E-state index contributed by atoms with van der Waals surface area (Å²) in [6.07, 6.45) is 30.5. The molecule has 4 rings (SSSR count). The van der Waals surface area contributed by atoms with E-state index in [9.17, 15) is 0 Å². The van der Waals surface area contributed by atoms with Gasteiger partial charge >= 0.3 is 0 Å². The van der Waals surface area contributed by atoms with Crippen LogP contribution in [-0.2, 0) is 12.8 Å². The van der Waals surface area contributed by atoms with E-state index in [0.29, 0.717) is 5.92 Å². The normalized spacial score (nSPS) is 16.9. The van der Waals surface area contributed by atoms with Gasteiger partial charge in [-0.3, -0.25) is 9.97 Å². The summed E-state index contributed by atoms with van der Waals surface area (Å²) in [4.78, 5) is 8.98. The van der Waals surface area contributed by atoms with Gasteiger partial charge in [-0.25, -0.2) is 0 Å². The smallest absolute Gasteiger partial charge is 0.0441 e. The first-order valence-electron chi connectivity index (χ1n) is 15.7. The Morgan fingerprint density at radius 1 is 0.886 bits per heavy atom. The van der Waals surface area contributed by atoms with Gasteiger partial charge in [0.05, 0.1) is 0 Å². The molecule has 2 heterocycles. The molecule has 0 aliphatic heterocycles. The summed E-state index contributed by atoms with van der Waals surface area (Å²) < 4.78 is 0. The highest BCUT2D eigenvalue weighted by atomic mass is 14.7. The minimum Gasteiger partial charge on any atom is -0.264 e. The van der Waals surface area contributed by atoms with Crippen LogP contribution >= 0.6 is 0 Å². The van der Waals surface area contributed by atoms with E-state index in [-0.39, 0.29) is 0 Å². The van der Waals surface area contributed by atoms with Crippen LogP contribution in [0, 0.1) is 5.92 Å². The summed E-state index contributed by atoms with van der Waals surface area (Å²) in [6, 6.07) is 17.2. The third-order valence-corrected chi connectivity index (χ3v) is 8.36. The average Bonchev–Trinajstić information content (AvgIpc) is 3.05. The minimum absolute atomic E-state index is 0.353. The van der Waals surface area contributed by atoms with E-state index in [4.69, 9.17) is 4.98 Å². The lowest BCUT2D eigenvalue weighted by molar-refractivity contribution is 0.790. The summed E-state index contributed by atoms with van der Waals surface area (Å²) in [5, 5.41) is 0. The molecule has 0 saturated heterocycles. The van der Waals surface area contributed by atoms with Gasteiger partial charge in [-0.15, -0.1) is 0 Å². The zero-order valence-corrected chi connectivity index (χ0v) is 27.2. The van der Waals surface area contributed by atoms with Crippen LogP contribution in [0.15, 0.2) is 144 Å². The van der Waals surface area contributed by atoms with Crippen LogP contribution in [0.1, 0.15) is 75.9 Å². The van der Waals surface area contributed by atoms with Crippen LogP contribution in [0.4, 0.5) is 0 Å². The highest BCUT2D eigenvalue weighted by Crippen LogP contribution is 2.39. The van der Waals surface area contributed by atoms with E-state index >= 15 is 0 Å². The average molecular weight is 579 g/mol. The van der Waals surface area contributed by atoms with E-state index < -0.39 is 0 Å². The first-order chi connectivity index (χ1) is 21.4. The van der Waals surface area contributed by atoms with Gasteiger partial charge in [-0.1, -0.05) is 97.2 Å². The maximum atomic E-state index is 4.80. The van der Waals surface area contributed by atoms with E-state index in [1.807, 2.05) is 24.5 Å². The van der Waals surface area contributed by atoms with Crippen molar-refractivity contribution in [1.82, 2.24) is 9.97 Å². The number of benzene rings is 1. The minimum atomic E-state index is 0.353. The summed E-state index contributed by atoms with van der Waals surface area (Å²) in [6.45, 7) is 13.1. The van der Waals surface area contributed by atoms with Crippen molar-refractivity contribution in [3.05, 3.63) is 172 Å². The molecule has 0 fully saturated rings. The van der Waals surface area contributed by atoms with Gasteiger partial charge in [0.25, 0.3) is 0 Å². The predicted octanol–water partition coefficient (Wildman–Crippen LogP) is 11.1. The number of allylic oxidation sites excluding steroid dienone is 14. The topological polar surface area (TPSA) is 25.8 Å². The fourth-order valence-electron chi connectivity index (χ4n) is 5.84. The Bertz CT molecular complexity index is 1650. The zero-order valence-electron chi connectivity index (χ0n) is 27.2. The van der Waals surface area contributed by atoms with Crippen LogP contribution in [0.3, 0.4) is 0 Å². The second-order valence-electron chi connectivity index (χ2n) is 11.4. The second-order valence-corrected chi connectivity index (χ2v) is 11.4. The molecular formula is C42H46N2. The Hall–Kier alpha value is -4.56. The molecular weight excluding hydrogens is 532 g/mol. The highest BCUT2D eigenvalue weighted by molar-refractivity contribution is 5.74. The Morgan fingerprint density at radius 2 is 1.68 bits per heavy atom. The van der Waals surface area contributed by atoms with Crippen molar-refractivity contribution in [1.29, 1.82) is 0 Å². The maximum absolute atomic E-state index is 4.80. The third kappa shape index (κ3) is 8.51. The Labute approximate surface area is 265 Å². The molecule has 1 atom stereocenters. The Morgan fingerprint density at radius 3 is 2.36 bits per heavy atom. The number of aromatic nitrogens is 2. The fourth-order valence-corrected chi connectivity index (χ4v) is 5.84. The van der Waals surface area contributed by atoms with Gasteiger partial charge in [0, 0.05) is 36.6 Å². The molecule has 0 N–H and O–H groups in total. The van der Waals surface area contributed by atoms with Crippen molar-refractivity contribution in [3.63, 3.8) is 0 Å². The molecule has 0 spiro atoms. The summed E-state index contributed by atoms with van der Waals surface area (Å²) in [5.41, 5.74) is 14.0. The molecule has 1 aliphatic carbocycles. The number of rotatable bonds is 11. The Balaban J connectivity index is 1.64. The summed E-state index contributed by atoms with van der Waals surface area (Å²) in [7, 11) is 0. The molecule has 1 aliphatic rings. The van der Waals surface area contributed by atoms with Gasteiger partial charge in [0.2, 0.25) is 0 Å². The van der Waals surface area contributed by atoms with Gasteiger partial charge < -0.3 is 0 Å². The van der Waals surface area contributed by atoms with Gasteiger partial charge in [-0.2, -0.15) is 0 Å². The number of hydrogen-bond donors (Lipinski definition) is 0. The summed E-state index contributed by atoms with van der Waals surface area (Å²) >= 11 is 0. The maximum Gasteiger partial charge on any atom is 0.0441 e. The van der Waals surface area contributed by atoms with Crippen LogP contribution < -0.4 is 0 Å². The van der Waals surface area contributed by atoms with Crippen LogP contribution in [0.2, 0.25) is 0 Å². The second kappa shape index (κ2) is 16.3. The van der Waals surface area contributed by atoms with Crippen molar-refractivity contribution in [2.24, 2.45) is 5.92 Å². The zero-order chi connectivity index (χ0) is 31.3. The molecule has 3 aromatic rings. The van der Waals surface area contributed by atoms with Crippen molar-refractivity contribution in [2.45, 2.75) is 60.8 Å². The summed E-state index contributed by atoms with van der Waals surface area (Å²) in [5.74, 6) is 0.353. The van der Waals surface area contributed by atoms with Gasteiger partial charge in [0.15, 0.2) is 0 Å². The Kier molecular flexibility index (Phi) is 12.0. The molecule has 0 radical (unpaired) electrons. The van der Waals surface area contributed by atoms with E-state index in [2.05, 4.69) is 144 Å². The first kappa shape index (κ1) is 32.4. The molecule has 0 amide bonds. The molecule has 0 bridgehead atoms. The van der Waals surface area contributed by atoms with Gasteiger partial charge in [0.1, 0.15) is 0 Å². The standard InChI is InChI=1S/C42H46N2/c1-7-14-31(4)33(6)36(24-26-38-25-23-35(30-44-38)22-21-34-17-13-27-43-29-34)28-37-18-10-11-19-41(37)39(9-3)42-20-12-16-32(5)40(42)15-8-2/h7-19,21-25,27,29-30,42H,20,26,28H2,1-6H3/b14-7-,15-8-,22-21-,33-31+,36-24-,39-9+. The predicted molar refractivity (Wildman–Crippen MR) is 191 cm³/mol. The third-order valence-electron chi connectivity index (χ3n) is 8.36. The molecule has 44 heavy (non-hydrogen) atoms. The molecule has 2 nitrogen and oxygen atoms in total. The monoisotopic (exact) mass is 578 g/mol. The quantitative estimate of drug-likeness (QED) is 0.212. The highest BCUT2D eigenvalue weighted by Gasteiger charge is 2.23. The van der Waals surface area contributed by atoms with E-state index in [1.54, 1.807) is 6.20 Å². The SMILES string of the molecule is C/C=C\C1=C(C)C=CCC1/C(=C/C)c1ccccc1CC(=C/Cc1ccc(/C=C\c2cccnc2)cn1)/C(C)=C(C)/C=C\C. The van der Waals surface area contributed by atoms with E-state index in [1.165, 1.54) is 44.6 Å². The number of hydrogen-bond acceptors (Lipinski definition) is 2. The van der Waals surface area contributed by atoms with Crippen LogP contribution in [0.5, 0.6) is 0 Å². The van der Waals surface area contributed by atoms with Crippen LogP contribution in [0.25, 0.3) is 17.7 Å². The van der Waals surface area contributed by atoms with Gasteiger partial charge in [-0.05, 0) is 122 Å². The fraction of sp³-hybridized carbons (Fsp3) is 0.238. The van der Waals surface area contributed by atoms with Crippen molar-refractivity contribution >= 4 is 17.7 Å². The number of pyridine rings is 2. The largest absolute Gasteiger partial charge is 0.264 e. The molecule has 2 aromatic heterocycles. The lowest BCUT2D eigenvalue weighted by Gasteiger charge is -2.27. The molecule has 224 valence electrons. The lowest BCUT2D eigenvalue weighted by atomic mass is 9.77. The van der Waals surface area contributed by atoms with E-state index in [0.717, 1.165) is 36.1 Å². The van der Waals surface area contributed by atoms with Crippen molar-refractivity contribution in [3.8, 4) is 0 Å². The van der Waals surface area contributed by atoms with Crippen LogP contribution in [-0.4, -0.2) is 9.97 Å². The molecule has 1 aromatic carbocycles. The molecule has 0 saturated carbocycles.